The van der Waals surface area contributed by atoms with Gasteiger partial charge >= 0.3 is 12.1 Å². The van der Waals surface area contributed by atoms with Crippen molar-refractivity contribution < 1.29 is 27.1 Å². The van der Waals surface area contributed by atoms with Crippen molar-refractivity contribution in [2.24, 2.45) is 0 Å². The summed E-state index contributed by atoms with van der Waals surface area (Å²) < 4.78 is 48.9. The van der Waals surface area contributed by atoms with Gasteiger partial charge in [0.05, 0.1) is 17.9 Å². The van der Waals surface area contributed by atoms with Crippen LogP contribution in [0.4, 0.5) is 13.2 Å². The molecular weight excluding hydrogens is 359 g/mol. The van der Waals surface area contributed by atoms with Crippen LogP contribution in [0.15, 0.2) is 40.8 Å². The quantitative estimate of drug-likeness (QED) is 0.538. The third-order valence-corrected chi connectivity index (χ3v) is 4.11. The van der Waals surface area contributed by atoms with Crippen LogP contribution in [0.1, 0.15) is 48.4 Å². The summed E-state index contributed by atoms with van der Waals surface area (Å²) in [5.74, 6) is -0.475. The van der Waals surface area contributed by atoms with Gasteiger partial charge in [0, 0.05) is 17.2 Å². The number of alkyl halides is 3. The first-order valence-corrected chi connectivity index (χ1v) is 8.50. The zero-order chi connectivity index (χ0) is 19.8. The molecule has 142 valence electrons. The molecule has 4 nitrogen and oxygen atoms in total. The molecule has 0 fully saturated rings. The van der Waals surface area contributed by atoms with Crippen molar-refractivity contribution in [1.82, 2.24) is 4.98 Å². The highest BCUT2D eigenvalue weighted by Crippen LogP contribution is 2.34. The van der Waals surface area contributed by atoms with Gasteiger partial charge in [-0.2, -0.15) is 13.2 Å². The van der Waals surface area contributed by atoms with Crippen molar-refractivity contribution in [3.05, 3.63) is 53.3 Å². The summed E-state index contributed by atoms with van der Waals surface area (Å²) in [5.41, 5.74) is 2.08. The molecule has 3 rings (SSSR count). The van der Waals surface area contributed by atoms with E-state index in [1.165, 1.54) is 18.2 Å². The molecule has 0 spiro atoms. The predicted octanol–water partition coefficient (Wildman–Crippen LogP) is 5.81. The first-order chi connectivity index (χ1) is 12.7. The number of fused-ring (bicyclic) bond motifs is 1. The minimum absolute atomic E-state index is 0.0471. The number of furan rings is 1. The molecular formula is C20H18F3NO3. The van der Waals surface area contributed by atoms with Gasteiger partial charge in [0.25, 0.3) is 0 Å². The van der Waals surface area contributed by atoms with Gasteiger partial charge in [-0.15, -0.1) is 0 Å². The van der Waals surface area contributed by atoms with E-state index in [2.05, 4.69) is 4.98 Å². The van der Waals surface area contributed by atoms with Gasteiger partial charge in [-0.25, -0.2) is 9.78 Å². The summed E-state index contributed by atoms with van der Waals surface area (Å²) in [6.07, 6.45) is -4.39. The van der Waals surface area contributed by atoms with Crippen LogP contribution in [0, 0.1) is 0 Å². The van der Waals surface area contributed by atoms with E-state index < -0.39 is 17.7 Å². The fraction of sp³-hybridized carbons (Fsp3) is 0.300. The Morgan fingerprint density at radius 1 is 1.19 bits per heavy atom. The lowest BCUT2D eigenvalue weighted by Crippen LogP contribution is -2.04. The van der Waals surface area contributed by atoms with Crippen LogP contribution in [0.2, 0.25) is 0 Å². The SMILES string of the molecule is CCOC(=O)c1cc2nc(-c3ccc(C(F)(F)F)cc3)cc(C(C)C)c2o1. The van der Waals surface area contributed by atoms with Gasteiger partial charge in [-0.05, 0) is 31.0 Å². The molecule has 0 saturated carbocycles. The summed E-state index contributed by atoms with van der Waals surface area (Å²) in [5, 5.41) is 0. The Kier molecular flexibility index (Phi) is 4.95. The molecule has 0 saturated heterocycles. The maximum absolute atomic E-state index is 12.8. The van der Waals surface area contributed by atoms with Gasteiger partial charge in [-0.3, -0.25) is 0 Å². The van der Waals surface area contributed by atoms with Crippen LogP contribution in [0.25, 0.3) is 22.4 Å². The van der Waals surface area contributed by atoms with E-state index in [0.29, 0.717) is 22.4 Å². The Labute approximate surface area is 154 Å². The Bertz CT molecular complexity index is 973. The molecule has 7 heteroatoms. The molecule has 0 aliphatic carbocycles. The monoisotopic (exact) mass is 377 g/mol. The van der Waals surface area contributed by atoms with Gasteiger partial charge in [0.1, 0.15) is 5.52 Å². The lowest BCUT2D eigenvalue weighted by molar-refractivity contribution is -0.137. The summed E-state index contributed by atoms with van der Waals surface area (Å²) in [7, 11) is 0. The van der Waals surface area contributed by atoms with Crippen LogP contribution in [0.5, 0.6) is 0 Å². The lowest BCUT2D eigenvalue weighted by atomic mass is 9.99. The van der Waals surface area contributed by atoms with Gasteiger partial charge in [-0.1, -0.05) is 26.0 Å². The first kappa shape index (κ1) is 18.9. The minimum atomic E-state index is -4.39. The smallest absolute Gasteiger partial charge is 0.416 e. The molecule has 27 heavy (non-hydrogen) atoms. The van der Waals surface area contributed by atoms with Crippen LogP contribution in [-0.2, 0) is 10.9 Å². The number of benzene rings is 1. The van der Waals surface area contributed by atoms with E-state index in [9.17, 15) is 18.0 Å². The predicted molar refractivity (Wildman–Crippen MR) is 94.5 cm³/mol. The molecule has 0 aliphatic heterocycles. The molecule has 0 bridgehead atoms. The molecule has 2 heterocycles. The largest absolute Gasteiger partial charge is 0.460 e. The summed E-state index contributed by atoms with van der Waals surface area (Å²) in [6, 6.07) is 8.08. The maximum Gasteiger partial charge on any atom is 0.416 e. The van der Waals surface area contributed by atoms with Crippen LogP contribution in [0.3, 0.4) is 0 Å². The zero-order valence-electron chi connectivity index (χ0n) is 15.1. The summed E-state index contributed by atoms with van der Waals surface area (Å²) in [4.78, 5) is 16.4. The number of halogens is 3. The number of pyridine rings is 1. The lowest BCUT2D eigenvalue weighted by Gasteiger charge is -2.10. The average molecular weight is 377 g/mol. The molecule has 0 N–H and O–H groups in total. The third-order valence-electron chi connectivity index (χ3n) is 4.11. The normalized spacial score (nSPS) is 12.0. The highest BCUT2D eigenvalue weighted by Gasteiger charge is 2.30. The molecule has 0 radical (unpaired) electrons. The third kappa shape index (κ3) is 3.82. The van der Waals surface area contributed by atoms with Crippen LogP contribution in [-0.4, -0.2) is 17.6 Å². The Morgan fingerprint density at radius 3 is 2.41 bits per heavy atom. The number of hydrogen-bond donors (Lipinski definition) is 0. The van der Waals surface area contributed by atoms with Crippen molar-refractivity contribution in [3.63, 3.8) is 0 Å². The molecule has 0 atom stereocenters. The summed E-state index contributed by atoms with van der Waals surface area (Å²) >= 11 is 0. The number of ether oxygens (including phenoxy) is 1. The standard InChI is InChI=1S/C20H18F3NO3/c1-4-26-19(25)17-10-16-18(27-17)14(11(2)3)9-15(24-16)12-5-7-13(8-6-12)20(21,22)23/h5-11H,4H2,1-3H3. The summed E-state index contributed by atoms with van der Waals surface area (Å²) in [6.45, 7) is 5.83. The second-order valence-electron chi connectivity index (χ2n) is 6.37. The highest BCUT2D eigenvalue weighted by molar-refractivity contribution is 5.93. The number of esters is 1. The van der Waals surface area contributed by atoms with Gasteiger partial charge < -0.3 is 9.15 Å². The number of carbonyl (C=O) groups is 1. The van der Waals surface area contributed by atoms with Crippen molar-refractivity contribution >= 4 is 17.1 Å². The van der Waals surface area contributed by atoms with Gasteiger partial charge in [0.2, 0.25) is 5.76 Å². The Morgan fingerprint density at radius 2 is 1.85 bits per heavy atom. The van der Waals surface area contributed by atoms with Crippen molar-refractivity contribution in [2.75, 3.05) is 6.61 Å². The number of nitrogens with zero attached hydrogens (tertiary/aromatic N) is 1. The van der Waals surface area contributed by atoms with E-state index in [4.69, 9.17) is 9.15 Å². The fourth-order valence-electron chi connectivity index (χ4n) is 2.76. The molecule has 0 aliphatic rings. The average Bonchev–Trinajstić information content (AvgIpc) is 3.04. The second-order valence-corrected chi connectivity index (χ2v) is 6.37. The topological polar surface area (TPSA) is 52.3 Å². The second kappa shape index (κ2) is 7.06. The van der Waals surface area contributed by atoms with Gasteiger partial charge in [0.15, 0.2) is 5.58 Å². The van der Waals surface area contributed by atoms with E-state index in [1.54, 1.807) is 13.0 Å². The molecule has 0 amide bonds. The number of rotatable bonds is 4. The van der Waals surface area contributed by atoms with Crippen molar-refractivity contribution in [2.45, 2.75) is 32.9 Å². The van der Waals surface area contributed by atoms with Crippen LogP contribution >= 0.6 is 0 Å². The molecule has 2 aromatic heterocycles. The maximum atomic E-state index is 12.8. The fourth-order valence-corrected chi connectivity index (χ4v) is 2.76. The van der Waals surface area contributed by atoms with E-state index >= 15 is 0 Å². The minimum Gasteiger partial charge on any atom is -0.460 e. The zero-order valence-corrected chi connectivity index (χ0v) is 15.1. The Balaban J connectivity index is 2.10. The number of carbonyl (C=O) groups excluding carboxylic acids is 1. The molecule has 3 aromatic rings. The first-order valence-electron chi connectivity index (χ1n) is 8.50. The van der Waals surface area contributed by atoms with E-state index in [1.807, 2.05) is 13.8 Å². The van der Waals surface area contributed by atoms with E-state index in [0.717, 1.165) is 17.7 Å². The molecule has 0 unspecified atom stereocenters. The van der Waals surface area contributed by atoms with E-state index in [-0.39, 0.29) is 18.3 Å². The Hall–Kier alpha value is -2.83. The van der Waals surface area contributed by atoms with Crippen LogP contribution < -0.4 is 0 Å². The number of aromatic nitrogens is 1. The number of hydrogen-bond acceptors (Lipinski definition) is 4. The highest BCUT2D eigenvalue weighted by atomic mass is 19.4. The van der Waals surface area contributed by atoms with Crippen molar-refractivity contribution in [3.8, 4) is 11.3 Å². The van der Waals surface area contributed by atoms with Crippen molar-refractivity contribution in [1.29, 1.82) is 0 Å². The molecule has 1 aromatic carbocycles.